The van der Waals surface area contributed by atoms with E-state index in [-0.39, 0.29) is 0 Å². The summed E-state index contributed by atoms with van der Waals surface area (Å²) in [6.07, 6.45) is 1.80. The summed E-state index contributed by atoms with van der Waals surface area (Å²) in [6, 6.07) is 2.36. The van der Waals surface area contributed by atoms with Crippen LogP contribution in [0.3, 0.4) is 0 Å². The molecule has 1 N–H and O–H groups in total. The highest BCUT2D eigenvalue weighted by Crippen LogP contribution is 2.12. The van der Waals surface area contributed by atoms with Gasteiger partial charge in [0.2, 0.25) is 5.95 Å². The van der Waals surface area contributed by atoms with Gasteiger partial charge in [-0.05, 0) is 19.9 Å². The predicted octanol–water partition coefficient (Wildman–Crippen LogP) is 1.07. The van der Waals surface area contributed by atoms with Gasteiger partial charge < -0.3 is 15.0 Å². The minimum absolute atomic E-state index is 0.468. The van der Waals surface area contributed by atoms with Crippen molar-refractivity contribution in [3.05, 3.63) is 12.3 Å². The lowest BCUT2D eigenvalue weighted by Gasteiger charge is -2.34. The van der Waals surface area contributed by atoms with E-state index in [9.17, 15) is 0 Å². The normalized spacial score (nSPS) is 17.8. The predicted molar refractivity (Wildman–Crippen MR) is 81.3 cm³/mol. The second-order valence-corrected chi connectivity index (χ2v) is 5.15. The third kappa shape index (κ3) is 4.05. The summed E-state index contributed by atoms with van der Waals surface area (Å²) in [4.78, 5) is 13.4. The van der Waals surface area contributed by atoms with Gasteiger partial charge in [0.05, 0.1) is 13.2 Å². The number of aromatic nitrogens is 2. The van der Waals surface area contributed by atoms with Crippen molar-refractivity contribution in [1.82, 2.24) is 14.9 Å². The van der Waals surface area contributed by atoms with Crippen molar-refractivity contribution in [2.75, 3.05) is 56.7 Å². The molecule has 1 aromatic rings. The maximum absolute atomic E-state index is 5.39. The largest absolute Gasteiger partial charge is 0.379 e. The molecule has 1 aliphatic heterocycles. The Bertz CT molecular complexity index is 408. The Morgan fingerprint density at radius 2 is 2.20 bits per heavy atom. The van der Waals surface area contributed by atoms with E-state index in [1.165, 1.54) is 0 Å². The van der Waals surface area contributed by atoms with Gasteiger partial charge in [0, 0.05) is 45.5 Å². The maximum Gasteiger partial charge on any atom is 0.227 e. The average molecular weight is 279 g/mol. The molecule has 6 heteroatoms. The Labute approximate surface area is 121 Å². The molecule has 1 unspecified atom stereocenters. The molecule has 1 aromatic heterocycles. The van der Waals surface area contributed by atoms with Gasteiger partial charge in [-0.1, -0.05) is 0 Å². The molecule has 20 heavy (non-hydrogen) atoms. The second-order valence-electron chi connectivity index (χ2n) is 5.15. The Balaban J connectivity index is 1.92. The number of ether oxygens (including phenoxy) is 1. The van der Waals surface area contributed by atoms with E-state index in [2.05, 4.69) is 38.9 Å². The van der Waals surface area contributed by atoms with Gasteiger partial charge in [0.15, 0.2) is 0 Å². The molecule has 1 atom stereocenters. The molecule has 1 saturated heterocycles. The summed E-state index contributed by atoms with van der Waals surface area (Å²) in [5.41, 5.74) is 0. The van der Waals surface area contributed by atoms with Crippen LogP contribution in [-0.2, 0) is 4.74 Å². The summed E-state index contributed by atoms with van der Waals surface area (Å²) in [5, 5.41) is 3.21. The Morgan fingerprint density at radius 3 is 2.90 bits per heavy atom. The fourth-order valence-corrected chi connectivity index (χ4v) is 2.42. The molecule has 1 fully saturated rings. The van der Waals surface area contributed by atoms with Gasteiger partial charge in [-0.2, -0.15) is 4.98 Å². The third-order valence-corrected chi connectivity index (χ3v) is 3.55. The molecule has 0 saturated carbocycles. The van der Waals surface area contributed by atoms with Crippen LogP contribution in [0.25, 0.3) is 0 Å². The van der Waals surface area contributed by atoms with Crippen LogP contribution in [0, 0.1) is 0 Å². The number of likely N-dealkylation sites (N-methyl/N-ethyl adjacent to an activating group) is 1. The third-order valence-electron chi connectivity index (χ3n) is 3.55. The standard InChI is InChI=1S/C14H25N5O/c1-4-15-13-5-6-16-14(17-13)18(3)11-12(2)19-7-9-20-10-8-19/h5-6,12H,4,7-11H2,1-3H3,(H,15,16,17). The van der Waals surface area contributed by atoms with Crippen molar-refractivity contribution >= 4 is 11.8 Å². The van der Waals surface area contributed by atoms with Crippen molar-refractivity contribution < 1.29 is 4.74 Å². The van der Waals surface area contributed by atoms with Crippen molar-refractivity contribution in [3.8, 4) is 0 Å². The Kier molecular flexibility index (Phi) is 5.55. The fraction of sp³-hybridized carbons (Fsp3) is 0.714. The highest BCUT2D eigenvalue weighted by Gasteiger charge is 2.19. The number of hydrogen-bond acceptors (Lipinski definition) is 6. The van der Waals surface area contributed by atoms with Crippen LogP contribution in [0.4, 0.5) is 11.8 Å². The molecule has 0 aromatic carbocycles. The van der Waals surface area contributed by atoms with E-state index in [1.807, 2.05) is 13.1 Å². The van der Waals surface area contributed by atoms with Gasteiger partial charge >= 0.3 is 0 Å². The van der Waals surface area contributed by atoms with Crippen molar-refractivity contribution in [2.45, 2.75) is 19.9 Å². The van der Waals surface area contributed by atoms with Gasteiger partial charge in [-0.3, -0.25) is 4.90 Å². The number of hydrogen-bond donors (Lipinski definition) is 1. The zero-order valence-corrected chi connectivity index (χ0v) is 12.7. The first-order valence-electron chi connectivity index (χ1n) is 7.30. The zero-order chi connectivity index (χ0) is 14.4. The lowest BCUT2D eigenvalue weighted by atomic mass is 10.2. The quantitative estimate of drug-likeness (QED) is 0.840. The van der Waals surface area contributed by atoms with Crippen LogP contribution >= 0.6 is 0 Å². The van der Waals surface area contributed by atoms with E-state index >= 15 is 0 Å². The summed E-state index contributed by atoms with van der Waals surface area (Å²) in [7, 11) is 2.04. The van der Waals surface area contributed by atoms with Gasteiger partial charge in [0.25, 0.3) is 0 Å². The summed E-state index contributed by atoms with van der Waals surface area (Å²) >= 11 is 0. The van der Waals surface area contributed by atoms with E-state index in [0.29, 0.717) is 6.04 Å². The highest BCUT2D eigenvalue weighted by atomic mass is 16.5. The number of nitrogens with one attached hydrogen (secondary N) is 1. The van der Waals surface area contributed by atoms with Crippen LogP contribution < -0.4 is 10.2 Å². The molecule has 2 rings (SSSR count). The maximum atomic E-state index is 5.39. The fourth-order valence-electron chi connectivity index (χ4n) is 2.42. The van der Waals surface area contributed by atoms with Crippen molar-refractivity contribution in [1.29, 1.82) is 0 Å². The lowest BCUT2D eigenvalue weighted by Crippen LogP contribution is -2.47. The summed E-state index contributed by atoms with van der Waals surface area (Å²) < 4.78 is 5.39. The number of anilines is 2. The minimum Gasteiger partial charge on any atom is -0.379 e. The first-order chi connectivity index (χ1) is 9.70. The molecule has 0 radical (unpaired) electrons. The average Bonchev–Trinajstić information content (AvgIpc) is 2.48. The van der Waals surface area contributed by atoms with Crippen LogP contribution in [0.2, 0.25) is 0 Å². The van der Waals surface area contributed by atoms with Crippen LogP contribution in [-0.4, -0.2) is 67.4 Å². The molecule has 0 bridgehead atoms. The first-order valence-corrected chi connectivity index (χ1v) is 7.30. The summed E-state index contributed by atoms with van der Waals surface area (Å²) in [6.45, 7) is 9.77. The molecule has 112 valence electrons. The van der Waals surface area contributed by atoms with Crippen molar-refractivity contribution in [3.63, 3.8) is 0 Å². The molecular formula is C14H25N5O. The topological polar surface area (TPSA) is 53.5 Å². The monoisotopic (exact) mass is 279 g/mol. The molecule has 0 aliphatic carbocycles. The van der Waals surface area contributed by atoms with E-state index in [1.54, 1.807) is 6.20 Å². The highest BCUT2D eigenvalue weighted by molar-refractivity contribution is 5.40. The van der Waals surface area contributed by atoms with E-state index in [0.717, 1.165) is 51.2 Å². The minimum atomic E-state index is 0.468. The number of nitrogens with zero attached hydrogens (tertiary/aromatic N) is 4. The van der Waals surface area contributed by atoms with Gasteiger partial charge in [-0.25, -0.2) is 4.98 Å². The van der Waals surface area contributed by atoms with E-state index < -0.39 is 0 Å². The molecule has 1 aliphatic rings. The molecule has 0 spiro atoms. The number of rotatable bonds is 6. The first kappa shape index (κ1) is 15.0. The molecule has 6 nitrogen and oxygen atoms in total. The van der Waals surface area contributed by atoms with Gasteiger partial charge in [-0.15, -0.1) is 0 Å². The molecule has 2 heterocycles. The zero-order valence-electron chi connectivity index (χ0n) is 12.7. The molecular weight excluding hydrogens is 254 g/mol. The van der Waals surface area contributed by atoms with Crippen LogP contribution in [0.5, 0.6) is 0 Å². The summed E-state index contributed by atoms with van der Waals surface area (Å²) in [5.74, 6) is 1.65. The second kappa shape index (κ2) is 7.40. The lowest BCUT2D eigenvalue weighted by molar-refractivity contribution is 0.0217. The van der Waals surface area contributed by atoms with Crippen molar-refractivity contribution in [2.24, 2.45) is 0 Å². The van der Waals surface area contributed by atoms with Gasteiger partial charge in [0.1, 0.15) is 5.82 Å². The SMILES string of the molecule is CCNc1ccnc(N(C)CC(C)N2CCOCC2)n1. The number of morpholine rings is 1. The Morgan fingerprint density at radius 1 is 1.45 bits per heavy atom. The van der Waals surface area contributed by atoms with Crippen LogP contribution in [0.15, 0.2) is 12.3 Å². The van der Waals surface area contributed by atoms with E-state index in [4.69, 9.17) is 4.74 Å². The smallest absolute Gasteiger partial charge is 0.227 e. The Hall–Kier alpha value is -1.40. The molecule has 0 amide bonds. The van der Waals surface area contributed by atoms with Crippen LogP contribution in [0.1, 0.15) is 13.8 Å².